The minimum absolute atomic E-state index is 0.0399. The maximum atomic E-state index is 13.3. The van der Waals surface area contributed by atoms with E-state index in [2.05, 4.69) is 5.32 Å². The second-order valence-electron chi connectivity index (χ2n) is 7.04. The zero-order valence-electron chi connectivity index (χ0n) is 17.8. The first-order valence-corrected chi connectivity index (χ1v) is 12.3. The van der Waals surface area contributed by atoms with Gasteiger partial charge in [0.15, 0.2) is 0 Å². The zero-order chi connectivity index (χ0) is 24.1. The number of carbonyl (C=O) groups excluding carboxylic acids is 2. The molecule has 2 aromatic carbocycles. The number of halogens is 3. The first kappa shape index (κ1) is 25.9. The third-order valence-corrected chi connectivity index (χ3v) is 6.51. The molecule has 0 bridgehead atoms. The van der Waals surface area contributed by atoms with Crippen molar-refractivity contribution < 1.29 is 22.4 Å². The first-order chi connectivity index (χ1) is 15.0. The number of amides is 2. The SMILES string of the molecule is CCC(C(=O)NC)N(Cc1ccc(Cl)cc1Cl)C(=O)CN(c1ccc(F)cc1)S(C)(=O)=O. The number of nitrogens with zero attached hydrogens (tertiary/aromatic N) is 2. The lowest BCUT2D eigenvalue weighted by Gasteiger charge is -2.32. The monoisotopic (exact) mass is 503 g/mol. The highest BCUT2D eigenvalue weighted by Crippen LogP contribution is 2.25. The van der Waals surface area contributed by atoms with Crippen LogP contribution >= 0.6 is 23.2 Å². The van der Waals surface area contributed by atoms with E-state index in [9.17, 15) is 22.4 Å². The summed E-state index contributed by atoms with van der Waals surface area (Å²) in [5.41, 5.74) is 0.666. The number of sulfonamides is 1. The lowest BCUT2D eigenvalue weighted by atomic mass is 10.1. The van der Waals surface area contributed by atoms with Gasteiger partial charge in [0, 0.05) is 23.6 Å². The van der Waals surface area contributed by atoms with E-state index in [4.69, 9.17) is 23.2 Å². The molecule has 0 radical (unpaired) electrons. The van der Waals surface area contributed by atoms with E-state index in [1.165, 1.54) is 30.1 Å². The zero-order valence-corrected chi connectivity index (χ0v) is 20.1. The van der Waals surface area contributed by atoms with Crippen molar-refractivity contribution in [2.75, 3.05) is 24.2 Å². The van der Waals surface area contributed by atoms with Gasteiger partial charge in [-0.1, -0.05) is 36.2 Å². The van der Waals surface area contributed by atoms with Crippen LogP contribution in [0.2, 0.25) is 10.0 Å². The normalized spacial score (nSPS) is 12.2. The molecule has 0 spiro atoms. The predicted molar refractivity (Wildman–Crippen MR) is 124 cm³/mol. The van der Waals surface area contributed by atoms with Crippen molar-refractivity contribution in [1.29, 1.82) is 0 Å². The molecule has 0 saturated carbocycles. The number of hydrogen-bond acceptors (Lipinski definition) is 4. The molecule has 0 aliphatic carbocycles. The summed E-state index contributed by atoms with van der Waals surface area (Å²) >= 11 is 12.2. The Balaban J connectivity index is 2.44. The van der Waals surface area contributed by atoms with Gasteiger partial charge in [0.25, 0.3) is 0 Å². The molecule has 0 aromatic heterocycles. The Bertz CT molecular complexity index is 1080. The van der Waals surface area contributed by atoms with E-state index in [0.29, 0.717) is 15.6 Å². The summed E-state index contributed by atoms with van der Waals surface area (Å²) in [6, 6.07) is 8.62. The van der Waals surface area contributed by atoms with Crippen LogP contribution in [-0.4, -0.2) is 51.0 Å². The Morgan fingerprint density at radius 2 is 1.75 bits per heavy atom. The molecule has 0 saturated heterocycles. The number of anilines is 1. The topological polar surface area (TPSA) is 86.8 Å². The standard InChI is InChI=1S/C21H24Cl2FN3O4S/c1-4-19(21(29)25-2)26(12-14-5-6-15(22)11-18(14)23)20(28)13-27(32(3,30)31)17-9-7-16(24)8-10-17/h5-11,19H,4,12-13H2,1-3H3,(H,25,29). The molecule has 0 heterocycles. The minimum atomic E-state index is -3.88. The molecule has 1 unspecified atom stereocenters. The fraction of sp³-hybridized carbons (Fsp3) is 0.333. The smallest absolute Gasteiger partial charge is 0.244 e. The van der Waals surface area contributed by atoms with E-state index >= 15 is 0 Å². The molecule has 11 heteroatoms. The van der Waals surface area contributed by atoms with Crippen LogP contribution in [0.15, 0.2) is 42.5 Å². The lowest BCUT2D eigenvalue weighted by Crippen LogP contribution is -2.51. The van der Waals surface area contributed by atoms with Gasteiger partial charge in [0.05, 0.1) is 11.9 Å². The van der Waals surface area contributed by atoms with E-state index in [1.54, 1.807) is 19.1 Å². The van der Waals surface area contributed by atoms with Crippen LogP contribution in [0.4, 0.5) is 10.1 Å². The molecule has 2 amide bonds. The highest BCUT2D eigenvalue weighted by atomic mass is 35.5. The van der Waals surface area contributed by atoms with Gasteiger partial charge >= 0.3 is 0 Å². The molecule has 174 valence electrons. The van der Waals surface area contributed by atoms with E-state index in [0.717, 1.165) is 22.7 Å². The van der Waals surface area contributed by atoms with Crippen LogP contribution < -0.4 is 9.62 Å². The second-order valence-corrected chi connectivity index (χ2v) is 9.79. The van der Waals surface area contributed by atoms with Gasteiger partial charge in [-0.25, -0.2) is 12.8 Å². The maximum absolute atomic E-state index is 13.3. The van der Waals surface area contributed by atoms with Crippen LogP contribution in [0.1, 0.15) is 18.9 Å². The molecule has 7 nitrogen and oxygen atoms in total. The van der Waals surface area contributed by atoms with Crippen molar-refractivity contribution in [2.45, 2.75) is 25.9 Å². The van der Waals surface area contributed by atoms with Crippen molar-refractivity contribution in [3.63, 3.8) is 0 Å². The number of likely N-dealkylation sites (N-methyl/N-ethyl adjacent to an activating group) is 1. The Hall–Kier alpha value is -2.36. The molecular formula is C21H24Cl2FN3O4S. The van der Waals surface area contributed by atoms with Gasteiger partial charge in [-0.05, 0) is 48.4 Å². The molecule has 32 heavy (non-hydrogen) atoms. The maximum Gasteiger partial charge on any atom is 0.244 e. The third kappa shape index (κ3) is 6.57. The average Bonchev–Trinajstić information content (AvgIpc) is 2.73. The number of hydrogen-bond donors (Lipinski definition) is 1. The lowest BCUT2D eigenvalue weighted by molar-refractivity contribution is -0.140. The molecule has 1 N–H and O–H groups in total. The Labute approximate surface area is 197 Å². The number of carbonyl (C=O) groups is 2. The Morgan fingerprint density at radius 3 is 2.25 bits per heavy atom. The van der Waals surface area contributed by atoms with Crippen LogP contribution in [0, 0.1) is 5.82 Å². The quantitative estimate of drug-likeness (QED) is 0.567. The fourth-order valence-electron chi connectivity index (χ4n) is 3.14. The Kier molecular flexibility index (Phi) is 8.89. The van der Waals surface area contributed by atoms with Gasteiger partial charge in [-0.2, -0.15) is 0 Å². The van der Waals surface area contributed by atoms with Gasteiger partial charge < -0.3 is 10.2 Å². The molecule has 2 aromatic rings. The third-order valence-electron chi connectivity index (χ3n) is 4.78. The summed E-state index contributed by atoms with van der Waals surface area (Å²) in [5, 5.41) is 3.24. The van der Waals surface area contributed by atoms with Crippen molar-refractivity contribution in [3.8, 4) is 0 Å². The summed E-state index contributed by atoms with van der Waals surface area (Å²) < 4.78 is 39.0. The summed E-state index contributed by atoms with van der Waals surface area (Å²) in [5.74, 6) is -1.57. The Morgan fingerprint density at radius 1 is 1.12 bits per heavy atom. The van der Waals surface area contributed by atoms with Gasteiger partial charge in [0.2, 0.25) is 21.8 Å². The summed E-state index contributed by atoms with van der Waals surface area (Å²) in [4.78, 5) is 27.1. The van der Waals surface area contributed by atoms with E-state index in [-0.39, 0.29) is 18.7 Å². The number of rotatable bonds is 9. The molecule has 0 fully saturated rings. The summed E-state index contributed by atoms with van der Waals surface area (Å²) in [6.07, 6.45) is 1.23. The molecule has 0 aliphatic heterocycles. The van der Waals surface area contributed by atoms with Gasteiger partial charge in [-0.3, -0.25) is 13.9 Å². The second kappa shape index (κ2) is 11.0. The van der Waals surface area contributed by atoms with Crippen molar-refractivity contribution in [3.05, 3.63) is 63.9 Å². The van der Waals surface area contributed by atoms with Gasteiger partial charge in [-0.15, -0.1) is 0 Å². The largest absolute Gasteiger partial charge is 0.357 e. The summed E-state index contributed by atoms with van der Waals surface area (Å²) in [6.45, 7) is 1.11. The van der Waals surface area contributed by atoms with Crippen molar-refractivity contribution in [2.24, 2.45) is 0 Å². The highest BCUT2D eigenvalue weighted by molar-refractivity contribution is 7.92. The van der Waals surface area contributed by atoms with Gasteiger partial charge in [0.1, 0.15) is 18.4 Å². The summed E-state index contributed by atoms with van der Waals surface area (Å²) in [7, 11) is -2.44. The first-order valence-electron chi connectivity index (χ1n) is 9.66. The molecule has 1 atom stereocenters. The van der Waals surface area contributed by atoms with Crippen LogP contribution in [0.5, 0.6) is 0 Å². The molecule has 0 aliphatic rings. The van der Waals surface area contributed by atoms with E-state index in [1.807, 2.05) is 0 Å². The van der Waals surface area contributed by atoms with Crippen molar-refractivity contribution in [1.82, 2.24) is 10.2 Å². The molecular weight excluding hydrogens is 480 g/mol. The van der Waals surface area contributed by atoms with E-state index < -0.39 is 40.2 Å². The van der Waals surface area contributed by atoms with Crippen LogP contribution in [0.3, 0.4) is 0 Å². The number of benzene rings is 2. The number of nitrogens with one attached hydrogen (secondary N) is 1. The predicted octanol–water partition coefficient (Wildman–Crippen LogP) is 3.45. The average molecular weight is 504 g/mol. The highest BCUT2D eigenvalue weighted by Gasteiger charge is 2.31. The minimum Gasteiger partial charge on any atom is -0.357 e. The molecule has 2 rings (SSSR count). The van der Waals surface area contributed by atoms with Crippen molar-refractivity contribution >= 4 is 50.7 Å². The van der Waals surface area contributed by atoms with Crippen LogP contribution in [-0.2, 0) is 26.2 Å². The fourth-order valence-corrected chi connectivity index (χ4v) is 4.46. The van der Waals surface area contributed by atoms with Crippen LogP contribution in [0.25, 0.3) is 0 Å².